The molecule has 0 saturated heterocycles. The van der Waals surface area contributed by atoms with Gasteiger partial charge in [0, 0.05) is 4.47 Å². The lowest BCUT2D eigenvalue weighted by Crippen LogP contribution is -1.97. The van der Waals surface area contributed by atoms with Gasteiger partial charge in [-0.3, -0.25) is 0 Å². The molecule has 1 aliphatic carbocycles. The fourth-order valence-electron chi connectivity index (χ4n) is 2.71. The summed E-state index contributed by atoms with van der Waals surface area (Å²) in [6, 6.07) is 16.6. The Balaban J connectivity index is 1.76. The number of hydrogen-bond acceptors (Lipinski definition) is 1. The molecule has 0 spiro atoms. The maximum absolute atomic E-state index is 6.68. The van der Waals surface area contributed by atoms with Crippen molar-refractivity contribution in [3.63, 3.8) is 0 Å². The predicted molar refractivity (Wildman–Crippen MR) is 86.6 cm³/mol. The normalized spacial score (nSPS) is 22.4. The molecule has 3 heteroatoms. The van der Waals surface area contributed by atoms with Crippen LogP contribution in [0.25, 0.3) is 0 Å². The quantitative estimate of drug-likeness (QED) is 0.657. The van der Waals surface area contributed by atoms with E-state index in [1.54, 1.807) is 7.11 Å². The highest BCUT2D eigenvalue weighted by Gasteiger charge is 2.44. The monoisotopic (exact) mass is 350 g/mol. The largest absolute Gasteiger partial charge is 0.497 e. The number of hydrogen-bond donors (Lipinski definition) is 0. The van der Waals surface area contributed by atoms with Crippen LogP contribution in [0.4, 0.5) is 0 Å². The Morgan fingerprint density at radius 3 is 2.60 bits per heavy atom. The van der Waals surface area contributed by atoms with E-state index in [0.717, 1.165) is 22.2 Å². The molecule has 3 atom stereocenters. The van der Waals surface area contributed by atoms with Crippen LogP contribution in [-0.4, -0.2) is 7.11 Å². The van der Waals surface area contributed by atoms with Crippen molar-refractivity contribution in [3.05, 3.63) is 64.1 Å². The van der Waals surface area contributed by atoms with Gasteiger partial charge in [0.05, 0.1) is 12.5 Å². The van der Waals surface area contributed by atoms with Gasteiger partial charge in [-0.05, 0) is 41.5 Å². The second-order valence-electron chi connectivity index (χ2n) is 5.21. The Morgan fingerprint density at radius 1 is 1.20 bits per heavy atom. The Morgan fingerprint density at radius 2 is 1.95 bits per heavy atom. The SMILES string of the molecule is COc1ccc(C(Cl)C2CC2c2ccccc2)c(Br)c1. The molecule has 0 amide bonds. The maximum atomic E-state index is 6.68. The molecule has 0 aliphatic heterocycles. The molecular formula is C17H16BrClO. The first-order valence-electron chi connectivity index (χ1n) is 6.73. The van der Waals surface area contributed by atoms with Crippen molar-refractivity contribution >= 4 is 27.5 Å². The molecule has 0 heterocycles. The summed E-state index contributed by atoms with van der Waals surface area (Å²) >= 11 is 10.3. The first-order chi connectivity index (χ1) is 9.70. The van der Waals surface area contributed by atoms with Crippen LogP contribution in [0.15, 0.2) is 53.0 Å². The highest BCUT2D eigenvalue weighted by atomic mass is 79.9. The molecule has 3 rings (SSSR count). The minimum absolute atomic E-state index is 0.0421. The zero-order valence-corrected chi connectivity index (χ0v) is 13.6. The van der Waals surface area contributed by atoms with E-state index in [-0.39, 0.29) is 5.38 Å². The fraction of sp³-hybridized carbons (Fsp3) is 0.294. The smallest absolute Gasteiger partial charge is 0.120 e. The van der Waals surface area contributed by atoms with E-state index in [9.17, 15) is 0 Å². The summed E-state index contributed by atoms with van der Waals surface area (Å²) in [6.07, 6.45) is 1.16. The van der Waals surface area contributed by atoms with Crippen LogP contribution in [0.1, 0.15) is 28.8 Å². The predicted octanol–water partition coefficient (Wildman–Crippen LogP) is 5.54. The van der Waals surface area contributed by atoms with E-state index < -0.39 is 0 Å². The molecule has 0 radical (unpaired) electrons. The number of halogens is 2. The van der Waals surface area contributed by atoms with Gasteiger partial charge in [-0.25, -0.2) is 0 Å². The van der Waals surface area contributed by atoms with Crippen molar-refractivity contribution in [2.75, 3.05) is 7.11 Å². The molecular weight excluding hydrogens is 336 g/mol. The van der Waals surface area contributed by atoms with Crippen LogP contribution in [-0.2, 0) is 0 Å². The lowest BCUT2D eigenvalue weighted by Gasteiger charge is -2.13. The number of ether oxygens (including phenoxy) is 1. The summed E-state index contributed by atoms with van der Waals surface area (Å²) in [5.41, 5.74) is 2.55. The van der Waals surface area contributed by atoms with Gasteiger partial charge in [0.1, 0.15) is 5.75 Å². The molecule has 0 bridgehead atoms. The maximum Gasteiger partial charge on any atom is 0.120 e. The summed E-state index contributed by atoms with van der Waals surface area (Å²) in [5, 5.41) is 0.0421. The molecule has 2 aromatic carbocycles. The summed E-state index contributed by atoms with van der Waals surface area (Å²) in [4.78, 5) is 0. The van der Waals surface area contributed by atoms with Crippen molar-refractivity contribution in [1.29, 1.82) is 0 Å². The molecule has 1 saturated carbocycles. The molecule has 1 nitrogen and oxygen atoms in total. The van der Waals surface area contributed by atoms with Crippen LogP contribution in [0.3, 0.4) is 0 Å². The van der Waals surface area contributed by atoms with Gasteiger partial charge >= 0.3 is 0 Å². The van der Waals surface area contributed by atoms with E-state index in [0.29, 0.717) is 11.8 Å². The van der Waals surface area contributed by atoms with Gasteiger partial charge < -0.3 is 4.74 Å². The van der Waals surface area contributed by atoms with Crippen LogP contribution >= 0.6 is 27.5 Å². The number of alkyl halides is 1. The van der Waals surface area contributed by atoms with Crippen LogP contribution < -0.4 is 4.74 Å². The van der Waals surface area contributed by atoms with Crippen molar-refractivity contribution < 1.29 is 4.74 Å². The van der Waals surface area contributed by atoms with Crippen LogP contribution in [0, 0.1) is 5.92 Å². The van der Waals surface area contributed by atoms with Gasteiger partial charge in [0.25, 0.3) is 0 Å². The summed E-state index contributed by atoms with van der Waals surface area (Å²) in [5.74, 6) is 1.95. The second-order valence-corrected chi connectivity index (χ2v) is 6.53. The van der Waals surface area contributed by atoms with Gasteiger partial charge in [-0.1, -0.05) is 52.3 Å². The van der Waals surface area contributed by atoms with Crippen LogP contribution in [0.2, 0.25) is 0 Å². The second kappa shape index (κ2) is 5.79. The molecule has 2 aromatic rings. The highest BCUT2D eigenvalue weighted by molar-refractivity contribution is 9.10. The van der Waals surface area contributed by atoms with E-state index in [2.05, 4.69) is 52.3 Å². The summed E-state index contributed by atoms with van der Waals surface area (Å²) in [7, 11) is 1.67. The molecule has 0 N–H and O–H groups in total. The van der Waals surface area contributed by atoms with Crippen molar-refractivity contribution in [1.82, 2.24) is 0 Å². The molecule has 3 unspecified atom stereocenters. The Hall–Kier alpha value is -0.990. The number of methoxy groups -OCH3 is 1. The van der Waals surface area contributed by atoms with Gasteiger partial charge in [-0.2, -0.15) is 0 Å². The summed E-state index contributed by atoms with van der Waals surface area (Å²) < 4.78 is 6.25. The Bertz CT molecular complexity index is 599. The van der Waals surface area contributed by atoms with Crippen molar-refractivity contribution in [3.8, 4) is 5.75 Å². The van der Waals surface area contributed by atoms with E-state index in [1.807, 2.05) is 12.1 Å². The topological polar surface area (TPSA) is 9.23 Å². The number of benzene rings is 2. The van der Waals surface area contributed by atoms with E-state index >= 15 is 0 Å². The Labute approximate surface area is 133 Å². The minimum Gasteiger partial charge on any atom is -0.497 e. The third-order valence-corrected chi connectivity index (χ3v) is 5.19. The van der Waals surface area contributed by atoms with E-state index in [4.69, 9.17) is 16.3 Å². The lowest BCUT2D eigenvalue weighted by atomic mass is 10.0. The van der Waals surface area contributed by atoms with Gasteiger partial charge in [-0.15, -0.1) is 11.6 Å². The third-order valence-electron chi connectivity index (χ3n) is 3.95. The standard InChI is InChI=1S/C17H16BrClO/c1-20-12-7-8-13(16(18)9-12)17(19)15-10-14(15)11-5-3-2-4-6-11/h2-9,14-15,17H,10H2,1H3. The molecule has 1 fully saturated rings. The zero-order chi connectivity index (χ0) is 14.1. The fourth-order valence-corrected chi connectivity index (χ4v) is 3.92. The molecule has 1 aliphatic rings. The average molecular weight is 352 g/mol. The van der Waals surface area contributed by atoms with Crippen molar-refractivity contribution in [2.24, 2.45) is 5.92 Å². The lowest BCUT2D eigenvalue weighted by molar-refractivity contribution is 0.414. The average Bonchev–Trinajstić information content (AvgIpc) is 3.28. The highest BCUT2D eigenvalue weighted by Crippen LogP contribution is 2.57. The summed E-state index contributed by atoms with van der Waals surface area (Å²) in [6.45, 7) is 0. The minimum atomic E-state index is 0.0421. The van der Waals surface area contributed by atoms with Crippen molar-refractivity contribution in [2.45, 2.75) is 17.7 Å². The molecule has 104 valence electrons. The first kappa shape index (κ1) is 14.0. The van der Waals surface area contributed by atoms with Gasteiger partial charge in [0.15, 0.2) is 0 Å². The van der Waals surface area contributed by atoms with Crippen LogP contribution in [0.5, 0.6) is 5.75 Å². The molecule has 0 aromatic heterocycles. The molecule has 20 heavy (non-hydrogen) atoms. The van der Waals surface area contributed by atoms with Gasteiger partial charge in [0.2, 0.25) is 0 Å². The third kappa shape index (κ3) is 2.72. The van der Waals surface area contributed by atoms with E-state index in [1.165, 1.54) is 5.56 Å². The number of rotatable bonds is 4. The Kier molecular flexibility index (Phi) is 4.04. The first-order valence-corrected chi connectivity index (χ1v) is 7.96. The zero-order valence-electron chi connectivity index (χ0n) is 11.2.